The second-order valence-electron chi connectivity index (χ2n) is 6.80. The largest absolute Gasteiger partial charge is 0.481 e. The van der Waals surface area contributed by atoms with Gasteiger partial charge in [0.15, 0.2) is 0 Å². The summed E-state index contributed by atoms with van der Waals surface area (Å²) in [6, 6.07) is 5.01. The smallest absolute Gasteiger partial charge is 0.416 e. The van der Waals surface area contributed by atoms with Gasteiger partial charge in [-0.25, -0.2) is 0 Å². The zero-order valence-corrected chi connectivity index (χ0v) is 12.7. The molecule has 1 aromatic rings. The average Bonchev–Trinajstić information content (AvgIpc) is 2.47. The molecule has 1 unspecified atom stereocenters. The Morgan fingerprint density at radius 2 is 1.79 bits per heavy atom. The minimum absolute atomic E-state index is 0.0747. The molecule has 4 atom stereocenters. The summed E-state index contributed by atoms with van der Waals surface area (Å²) in [5.41, 5.74) is -0.938. The quantitative estimate of drug-likeness (QED) is 0.881. The number of rotatable bonds is 3. The van der Waals surface area contributed by atoms with Gasteiger partial charge in [0.05, 0.1) is 17.4 Å². The summed E-state index contributed by atoms with van der Waals surface area (Å²) in [5.74, 6) is -4.48. The third-order valence-corrected chi connectivity index (χ3v) is 5.73. The predicted octanol–water partition coefficient (Wildman–Crippen LogP) is 3.55. The van der Waals surface area contributed by atoms with Crippen molar-refractivity contribution in [2.24, 2.45) is 17.8 Å². The second-order valence-corrected chi connectivity index (χ2v) is 6.80. The van der Waals surface area contributed by atoms with Crippen LogP contribution >= 0.6 is 0 Å². The van der Waals surface area contributed by atoms with Crippen molar-refractivity contribution in [3.8, 4) is 0 Å². The summed E-state index contributed by atoms with van der Waals surface area (Å²) < 4.78 is 38.9. The molecule has 0 saturated heterocycles. The van der Waals surface area contributed by atoms with Crippen LogP contribution in [0.2, 0.25) is 0 Å². The Balaban J connectivity index is 1.99. The van der Waals surface area contributed by atoms with Gasteiger partial charge in [0.1, 0.15) is 0 Å². The lowest BCUT2D eigenvalue weighted by Crippen LogP contribution is -2.54. The van der Waals surface area contributed by atoms with Crippen LogP contribution in [0, 0.1) is 17.8 Å². The normalized spacial score (nSPS) is 32.5. The Bertz CT molecular complexity index is 685. The van der Waals surface area contributed by atoms with E-state index < -0.39 is 40.9 Å². The number of carboxylic acids is 2. The number of fused-ring (bicyclic) bond motifs is 1. The summed E-state index contributed by atoms with van der Waals surface area (Å²) in [7, 11) is 0. The van der Waals surface area contributed by atoms with Crippen LogP contribution in [0.25, 0.3) is 0 Å². The second kappa shape index (κ2) is 5.50. The first kappa shape index (κ1) is 16.8. The van der Waals surface area contributed by atoms with E-state index in [9.17, 15) is 33.0 Å². The highest BCUT2D eigenvalue weighted by atomic mass is 19.4. The number of alkyl halides is 3. The molecule has 0 amide bonds. The summed E-state index contributed by atoms with van der Waals surface area (Å²) in [4.78, 5) is 22.9. The van der Waals surface area contributed by atoms with Crippen LogP contribution in [0.1, 0.15) is 36.8 Å². The topological polar surface area (TPSA) is 74.6 Å². The van der Waals surface area contributed by atoms with Crippen molar-refractivity contribution >= 4 is 11.9 Å². The highest BCUT2D eigenvalue weighted by molar-refractivity contribution is 5.80. The molecule has 7 heteroatoms. The van der Waals surface area contributed by atoms with Gasteiger partial charge in [-0.15, -0.1) is 0 Å². The summed E-state index contributed by atoms with van der Waals surface area (Å²) in [6.07, 6.45) is -2.88. The Labute approximate surface area is 136 Å². The van der Waals surface area contributed by atoms with E-state index in [2.05, 4.69) is 0 Å². The predicted molar refractivity (Wildman–Crippen MR) is 77.3 cm³/mol. The maximum Gasteiger partial charge on any atom is 0.416 e. The van der Waals surface area contributed by atoms with Gasteiger partial charge in [-0.05, 0) is 48.6 Å². The van der Waals surface area contributed by atoms with E-state index in [1.54, 1.807) is 6.07 Å². The van der Waals surface area contributed by atoms with Crippen LogP contribution in [-0.2, 0) is 21.2 Å². The lowest BCUT2D eigenvalue weighted by Gasteiger charge is -2.56. The molecule has 2 N–H and O–H groups in total. The maximum absolute atomic E-state index is 13.0. The van der Waals surface area contributed by atoms with E-state index in [0.29, 0.717) is 18.4 Å². The average molecular weight is 342 g/mol. The highest BCUT2D eigenvalue weighted by Gasteiger charge is 2.57. The van der Waals surface area contributed by atoms with Gasteiger partial charge in [0, 0.05) is 0 Å². The van der Waals surface area contributed by atoms with Crippen LogP contribution < -0.4 is 0 Å². The fraction of sp³-hybridized carbons (Fsp3) is 0.529. The molecule has 0 radical (unpaired) electrons. The van der Waals surface area contributed by atoms with Gasteiger partial charge < -0.3 is 10.2 Å². The Hall–Kier alpha value is -2.05. The summed E-state index contributed by atoms with van der Waals surface area (Å²) in [5, 5.41) is 18.7. The molecule has 0 spiro atoms. The number of carboxylic acid groups (broad SMARTS) is 2. The third kappa shape index (κ3) is 2.56. The van der Waals surface area contributed by atoms with Gasteiger partial charge in [0.25, 0.3) is 0 Å². The number of aliphatic carboxylic acids is 2. The Kier molecular flexibility index (Phi) is 3.85. The van der Waals surface area contributed by atoms with Gasteiger partial charge >= 0.3 is 18.1 Å². The van der Waals surface area contributed by atoms with Gasteiger partial charge in [0.2, 0.25) is 0 Å². The zero-order valence-electron chi connectivity index (χ0n) is 12.7. The molecule has 2 aliphatic rings. The van der Waals surface area contributed by atoms with E-state index in [0.717, 1.165) is 12.1 Å². The van der Waals surface area contributed by atoms with Crippen LogP contribution in [-0.4, -0.2) is 22.2 Å². The fourth-order valence-corrected chi connectivity index (χ4v) is 4.35. The molecule has 0 bridgehead atoms. The lowest BCUT2D eigenvalue weighted by molar-refractivity contribution is -0.161. The third-order valence-electron chi connectivity index (χ3n) is 5.73. The SMILES string of the molecule is O=C(O)[C@H]1CC2CC[C@@]2(c2cccc(C(F)(F)F)c2)C[C@@H]1C(=O)O. The van der Waals surface area contributed by atoms with E-state index >= 15 is 0 Å². The van der Waals surface area contributed by atoms with Crippen LogP contribution in [0.4, 0.5) is 13.2 Å². The molecule has 0 heterocycles. The van der Waals surface area contributed by atoms with Gasteiger partial charge in [-0.2, -0.15) is 13.2 Å². The molecule has 24 heavy (non-hydrogen) atoms. The van der Waals surface area contributed by atoms with E-state index in [1.165, 1.54) is 6.07 Å². The molecule has 2 saturated carbocycles. The summed E-state index contributed by atoms with van der Waals surface area (Å²) >= 11 is 0. The number of halogens is 3. The Morgan fingerprint density at radius 3 is 2.29 bits per heavy atom. The number of hydrogen-bond acceptors (Lipinski definition) is 2. The van der Waals surface area contributed by atoms with Crippen molar-refractivity contribution in [3.05, 3.63) is 35.4 Å². The molecule has 130 valence electrons. The maximum atomic E-state index is 13.0. The first-order chi connectivity index (χ1) is 11.1. The summed E-state index contributed by atoms with van der Waals surface area (Å²) in [6.45, 7) is 0. The molecular weight excluding hydrogens is 325 g/mol. The first-order valence-corrected chi connectivity index (χ1v) is 7.78. The van der Waals surface area contributed by atoms with Crippen molar-refractivity contribution in [2.75, 3.05) is 0 Å². The van der Waals surface area contributed by atoms with E-state index in [-0.39, 0.29) is 18.8 Å². The molecule has 4 nitrogen and oxygen atoms in total. The molecule has 2 aliphatic carbocycles. The monoisotopic (exact) mass is 342 g/mol. The minimum Gasteiger partial charge on any atom is -0.481 e. The van der Waals surface area contributed by atoms with Crippen molar-refractivity contribution in [2.45, 2.75) is 37.3 Å². The number of hydrogen-bond donors (Lipinski definition) is 2. The molecule has 2 fully saturated rings. The molecular formula is C17H17F3O4. The fourth-order valence-electron chi connectivity index (χ4n) is 4.35. The first-order valence-electron chi connectivity index (χ1n) is 7.78. The van der Waals surface area contributed by atoms with Crippen LogP contribution in [0.15, 0.2) is 24.3 Å². The van der Waals surface area contributed by atoms with Crippen molar-refractivity contribution in [3.63, 3.8) is 0 Å². The molecule has 3 rings (SSSR count). The van der Waals surface area contributed by atoms with Gasteiger partial charge in [-0.1, -0.05) is 18.2 Å². The van der Waals surface area contributed by atoms with Crippen LogP contribution in [0.3, 0.4) is 0 Å². The zero-order chi connectivity index (χ0) is 17.7. The van der Waals surface area contributed by atoms with Crippen molar-refractivity contribution < 1.29 is 33.0 Å². The highest BCUT2D eigenvalue weighted by Crippen LogP contribution is 2.59. The standard InChI is InChI=1S/C17H17F3O4/c18-17(19,20)11-3-1-2-9(6-11)16-5-4-10(16)7-12(14(21)22)13(8-16)15(23)24/h1-3,6,10,12-13H,4-5,7-8H2,(H,21,22)(H,23,24)/t10?,12-,13-,16-/m0/s1. The van der Waals surface area contributed by atoms with E-state index in [1.807, 2.05) is 0 Å². The molecule has 0 aromatic heterocycles. The number of benzene rings is 1. The Morgan fingerprint density at radius 1 is 1.12 bits per heavy atom. The lowest BCUT2D eigenvalue weighted by atomic mass is 9.47. The minimum atomic E-state index is -4.46. The van der Waals surface area contributed by atoms with Gasteiger partial charge in [-0.3, -0.25) is 9.59 Å². The number of carbonyl (C=O) groups is 2. The van der Waals surface area contributed by atoms with Crippen molar-refractivity contribution in [1.82, 2.24) is 0 Å². The molecule has 0 aliphatic heterocycles. The van der Waals surface area contributed by atoms with Crippen LogP contribution in [0.5, 0.6) is 0 Å². The molecule has 1 aromatic carbocycles. The van der Waals surface area contributed by atoms with E-state index in [4.69, 9.17) is 0 Å². The van der Waals surface area contributed by atoms with Crippen molar-refractivity contribution in [1.29, 1.82) is 0 Å².